The number of pyridine rings is 1. The summed E-state index contributed by atoms with van der Waals surface area (Å²) in [5, 5.41) is 3.53. The number of aryl methyl sites for hydroxylation is 1. The molecule has 0 aromatic carbocycles. The highest BCUT2D eigenvalue weighted by molar-refractivity contribution is 6.00. The molecule has 0 bridgehead atoms. The Morgan fingerprint density at radius 2 is 2.17 bits per heavy atom. The third-order valence-corrected chi connectivity index (χ3v) is 4.38. The van der Waals surface area contributed by atoms with Crippen LogP contribution in [-0.4, -0.2) is 22.9 Å². The Morgan fingerprint density at radius 3 is 2.89 bits per heavy atom. The van der Waals surface area contributed by atoms with E-state index < -0.39 is 0 Å². The number of hydrogen-bond donors (Lipinski definition) is 1. The Hall–Kier alpha value is -1.22. The molecule has 3 nitrogen and oxygen atoms in total. The first-order valence-electron chi connectivity index (χ1n) is 6.97. The molecule has 1 aromatic rings. The van der Waals surface area contributed by atoms with Crippen molar-refractivity contribution in [1.82, 2.24) is 10.3 Å². The molecule has 3 unspecified atom stereocenters. The van der Waals surface area contributed by atoms with E-state index in [4.69, 9.17) is 0 Å². The minimum atomic E-state index is 0.0163. The molecule has 0 amide bonds. The molecule has 3 atom stereocenters. The van der Waals surface area contributed by atoms with Gasteiger partial charge in [0.2, 0.25) is 0 Å². The number of fused-ring (bicyclic) bond motifs is 1. The summed E-state index contributed by atoms with van der Waals surface area (Å²) in [5.41, 5.74) is 1.70. The monoisotopic (exact) mass is 244 g/mol. The fraction of sp³-hybridized carbons (Fsp3) is 0.600. The second-order valence-corrected chi connectivity index (χ2v) is 5.66. The zero-order chi connectivity index (χ0) is 12.5. The van der Waals surface area contributed by atoms with E-state index in [0.717, 1.165) is 17.7 Å². The topological polar surface area (TPSA) is 42.0 Å². The number of rotatable bonds is 2. The summed E-state index contributed by atoms with van der Waals surface area (Å²) in [5.74, 6) is 0.933. The van der Waals surface area contributed by atoms with E-state index in [2.05, 4.69) is 10.3 Å². The fourth-order valence-corrected chi connectivity index (χ4v) is 3.34. The normalized spacial score (nSPS) is 31.1. The van der Waals surface area contributed by atoms with Crippen molar-refractivity contribution in [2.75, 3.05) is 0 Å². The van der Waals surface area contributed by atoms with Crippen molar-refractivity contribution in [3.05, 3.63) is 29.6 Å². The number of nitrogens with zero attached hydrogens (tertiary/aromatic N) is 1. The van der Waals surface area contributed by atoms with E-state index in [1.165, 1.54) is 25.7 Å². The lowest BCUT2D eigenvalue weighted by Crippen LogP contribution is -2.37. The average Bonchev–Trinajstić information content (AvgIpc) is 2.82. The Labute approximate surface area is 108 Å². The van der Waals surface area contributed by atoms with Crippen molar-refractivity contribution in [1.29, 1.82) is 0 Å². The molecule has 0 spiro atoms. The van der Waals surface area contributed by atoms with Crippen LogP contribution in [0.5, 0.6) is 0 Å². The summed E-state index contributed by atoms with van der Waals surface area (Å²) in [6.45, 7) is 1.94. The average molecular weight is 244 g/mol. The third kappa shape index (κ3) is 2.19. The van der Waals surface area contributed by atoms with Gasteiger partial charge in [-0.25, -0.2) is 0 Å². The minimum Gasteiger partial charge on any atom is -0.304 e. The van der Waals surface area contributed by atoms with Gasteiger partial charge in [-0.1, -0.05) is 12.8 Å². The van der Waals surface area contributed by atoms with Gasteiger partial charge in [0, 0.05) is 23.5 Å². The molecule has 3 rings (SSSR count). The maximum atomic E-state index is 12.4. The summed E-state index contributed by atoms with van der Waals surface area (Å²) >= 11 is 0. The van der Waals surface area contributed by atoms with Crippen molar-refractivity contribution in [3.8, 4) is 0 Å². The van der Waals surface area contributed by atoms with Crippen molar-refractivity contribution in [2.45, 2.75) is 51.1 Å². The van der Waals surface area contributed by atoms with E-state index >= 15 is 0 Å². The summed E-state index contributed by atoms with van der Waals surface area (Å²) in [6, 6.07) is 4.40. The molecule has 96 valence electrons. The van der Waals surface area contributed by atoms with Crippen molar-refractivity contribution in [2.24, 2.45) is 5.92 Å². The van der Waals surface area contributed by atoms with Gasteiger partial charge in [0.1, 0.15) is 0 Å². The number of ketones is 1. The van der Waals surface area contributed by atoms with Crippen LogP contribution in [0.25, 0.3) is 0 Å². The molecule has 1 aliphatic carbocycles. The van der Waals surface area contributed by atoms with Gasteiger partial charge in [-0.15, -0.1) is 0 Å². The van der Waals surface area contributed by atoms with Crippen molar-refractivity contribution in [3.63, 3.8) is 0 Å². The molecule has 2 aliphatic rings. The van der Waals surface area contributed by atoms with Gasteiger partial charge < -0.3 is 5.32 Å². The maximum absolute atomic E-state index is 12.4. The van der Waals surface area contributed by atoms with E-state index in [9.17, 15) is 4.79 Å². The molecule has 1 aromatic heterocycles. The number of Topliss-reactive ketones (excluding diaryl/α,β-unsaturated/α-hetero) is 1. The molecular formula is C15H20N2O. The molecule has 1 aliphatic heterocycles. The predicted octanol–water partition coefficient (Wildman–Crippen LogP) is 2.49. The first-order valence-corrected chi connectivity index (χ1v) is 6.97. The molecule has 1 N–H and O–H groups in total. The lowest BCUT2D eigenvalue weighted by Gasteiger charge is -2.24. The Bertz CT molecular complexity index is 426. The highest BCUT2D eigenvalue weighted by atomic mass is 16.1. The third-order valence-electron chi connectivity index (χ3n) is 4.38. The van der Waals surface area contributed by atoms with Crippen LogP contribution in [0.3, 0.4) is 0 Å². The van der Waals surface area contributed by atoms with Crippen LogP contribution in [0, 0.1) is 12.8 Å². The van der Waals surface area contributed by atoms with Crippen molar-refractivity contribution >= 4 is 5.78 Å². The highest BCUT2D eigenvalue weighted by Gasteiger charge is 2.38. The Balaban J connectivity index is 1.72. The van der Waals surface area contributed by atoms with Crippen LogP contribution in [0.15, 0.2) is 18.3 Å². The zero-order valence-corrected chi connectivity index (χ0v) is 10.9. The maximum Gasteiger partial charge on any atom is 0.181 e. The van der Waals surface area contributed by atoms with Crippen LogP contribution < -0.4 is 5.32 Å². The number of hydrogen-bond acceptors (Lipinski definition) is 3. The molecule has 0 radical (unpaired) electrons. The lowest BCUT2D eigenvalue weighted by atomic mass is 9.84. The summed E-state index contributed by atoms with van der Waals surface area (Å²) in [4.78, 5) is 16.6. The van der Waals surface area contributed by atoms with E-state index in [-0.39, 0.29) is 11.8 Å². The first kappa shape index (κ1) is 11.8. The van der Waals surface area contributed by atoms with E-state index in [1.54, 1.807) is 6.20 Å². The molecule has 18 heavy (non-hydrogen) atoms. The fourth-order valence-electron chi connectivity index (χ4n) is 3.34. The van der Waals surface area contributed by atoms with Crippen LogP contribution in [0.2, 0.25) is 0 Å². The molecule has 1 saturated carbocycles. The smallest absolute Gasteiger partial charge is 0.181 e. The highest BCUT2D eigenvalue weighted by Crippen LogP contribution is 2.34. The van der Waals surface area contributed by atoms with Crippen LogP contribution in [-0.2, 0) is 0 Å². The number of nitrogens with one attached hydrogen (secondary N) is 1. The molecule has 3 heteroatoms. The number of carbonyl (C=O) groups excluding carboxylic acids is 1. The van der Waals surface area contributed by atoms with Gasteiger partial charge in [-0.2, -0.15) is 0 Å². The minimum absolute atomic E-state index is 0.0163. The second-order valence-electron chi connectivity index (χ2n) is 5.66. The standard InChI is InChI=1S/C15H20N2O/c1-10-6-7-12(9-16-10)15(18)14-8-11-4-2-3-5-13(11)17-14/h6-7,9,11,13-14,17H,2-5,8H2,1H3. The molecular weight excluding hydrogens is 224 g/mol. The predicted molar refractivity (Wildman–Crippen MR) is 70.6 cm³/mol. The van der Waals surface area contributed by atoms with Crippen molar-refractivity contribution < 1.29 is 4.79 Å². The largest absolute Gasteiger partial charge is 0.304 e. The number of carbonyl (C=O) groups is 1. The van der Waals surface area contributed by atoms with E-state index in [0.29, 0.717) is 12.0 Å². The molecule has 2 heterocycles. The van der Waals surface area contributed by atoms with Gasteiger partial charge >= 0.3 is 0 Å². The summed E-state index contributed by atoms with van der Waals surface area (Å²) in [7, 11) is 0. The van der Waals surface area contributed by atoms with Gasteiger partial charge in [0.05, 0.1) is 6.04 Å². The number of aromatic nitrogens is 1. The molecule has 1 saturated heterocycles. The Kier molecular flexibility index (Phi) is 3.16. The van der Waals surface area contributed by atoms with Gasteiger partial charge in [-0.05, 0) is 44.2 Å². The summed E-state index contributed by atoms with van der Waals surface area (Å²) < 4.78 is 0. The summed E-state index contributed by atoms with van der Waals surface area (Å²) in [6.07, 6.45) is 7.88. The van der Waals surface area contributed by atoms with Crippen LogP contribution >= 0.6 is 0 Å². The van der Waals surface area contributed by atoms with Gasteiger partial charge in [0.25, 0.3) is 0 Å². The van der Waals surface area contributed by atoms with Gasteiger partial charge in [0.15, 0.2) is 5.78 Å². The second kappa shape index (κ2) is 4.81. The Morgan fingerprint density at radius 1 is 1.33 bits per heavy atom. The SMILES string of the molecule is Cc1ccc(C(=O)C2CC3CCCCC3N2)cn1. The molecule has 2 fully saturated rings. The van der Waals surface area contributed by atoms with Crippen LogP contribution in [0.1, 0.15) is 48.2 Å². The van der Waals surface area contributed by atoms with Gasteiger partial charge in [-0.3, -0.25) is 9.78 Å². The zero-order valence-electron chi connectivity index (χ0n) is 10.9. The van der Waals surface area contributed by atoms with E-state index in [1.807, 2.05) is 19.1 Å². The lowest BCUT2D eigenvalue weighted by molar-refractivity contribution is 0.0948. The van der Waals surface area contributed by atoms with Crippen LogP contribution in [0.4, 0.5) is 0 Å². The first-order chi connectivity index (χ1) is 8.74. The quantitative estimate of drug-likeness (QED) is 0.813.